The van der Waals surface area contributed by atoms with Crippen molar-refractivity contribution in [2.75, 3.05) is 6.54 Å². The second-order valence-corrected chi connectivity index (χ2v) is 5.58. The van der Waals surface area contributed by atoms with Gasteiger partial charge in [0.05, 0.1) is 11.6 Å². The maximum atomic E-state index is 13.8. The van der Waals surface area contributed by atoms with E-state index in [-0.39, 0.29) is 6.61 Å². The molecule has 0 fully saturated rings. The molecule has 1 aliphatic heterocycles. The van der Waals surface area contributed by atoms with Gasteiger partial charge >= 0.3 is 0 Å². The van der Waals surface area contributed by atoms with Crippen LogP contribution < -0.4 is 10.1 Å². The number of nitrogens with one attached hydrogen (secondary N) is 1. The minimum atomic E-state index is -0.440. The molecule has 1 heterocycles. The Labute approximate surface area is 133 Å². The molecule has 1 N–H and O–H groups in total. The van der Waals surface area contributed by atoms with E-state index in [1.54, 1.807) is 18.2 Å². The van der Waals surface area contributed by atoms with Crippen molar-refractivity contribution in [3.8, 4) is 11.8 Å². The van der Waals surface area contributed by atoms with Crippen LogP contribution in [0.3, 0.4) is 0 Å². The number of halogens is 2. The molecule has 3 nitrogen and oxygen atoms in total. The second-order valence-electron chi connectivity index (χ2n) is 5.18. The Morgan fingerprint density at radius 2 is 2.18 bits per heavy atom. The topological polar surface area (TPSA) is 45.0 Å². The van der Waals surface area contributed by atoms with Crippen LogP contribution in [0.5, 0.6) is 5.75 Å². The summed E-state index contributed by atoms with van der Waals surface area (Å²) in [5.74, 6) is 0.181. The van der Waals surface area contributed by atoms with Crippen molar-refractivity contribution >= 4 is 11.6 Å². The highest BCUT2D eigenvalue weighted by atomic mass is 35.5. The highest BCUT2D eigenvalue weighted by molar-refractivity contribution is 6.31. The first-order valence-corrected chi connectivity index (χ1v) is 7.38. The van der Waals surface area contributed by atoms with Crippen LogP contribution in [0.15, 0.2) is 30.3 Å². The molecule has 112 valence electrons. The lowest BCUT2D eigenvalue weighted by atomic mass is 10.0. The van der Waals surface area contributed by atoms with Gasteiger partial charge in [0.2, 0.25) is 0 Å². The van der Waals surface area contributed by atoms with E-state index in [1.807, 2.05) is 12.1 Å². The van der Waals surface area contributed by atoms with Gasteiger partial charge in [-0.1, -0.05) is 17.7 Å². The average Bonchev–Trinajstić information content (AvgIpc) is 2.53. The summed E-state index contributed by atoms with van der Waals surface area (Å²) in [6, 6.07) is 9.97. The molecule has 0 atom stereocenters. The molecule has 0 saturated carbocycles. The quantitative estimate of drug-likeness (QED) is 0.941. The molecule has 2 aromatic carbocycles. The summed E-state index contributed by atoms with van der Waals surface area (Å²) in [5.41, 5.74) is 2.97. The normalized spacial score (nSPS) is 13.3. The Morgan fingerprint density at radius 1 is 1.32 bits per heavy atom. The lowest BCUT2D eigenvalue weighted by Gasteiger charge is -2.19. The number of fused-ring (bicyclic) bond motifs is 1. The van der Waals surface area contributed by atoms with Gasteiger partial charge in [0.15, 0.2) is 0 Å². The van der Waals surface area contributed by atoms with Crippen LogP contribution in [0.4, 0.5) is 4.39 Å². The summed E-state index contributed by atoms with van der Waals surface area (Å²) >= 11 is 6.28. The van der Waals surface area contributed by atoms with Crippen molar-refractivity contribution in [3.05, 3.63) is 63.4 Å². The second kappa shape index (κ2) is 6.35. The third kappa shape index (κ3) is 3.06. The van der Waals surface area contributed by atoms with Gasteiger partial charge in [-0.3, -0.25) is 0 Å². The molecule has 3 rings (SSSR count). The van der Waals surface area contributed by atoms with E-state index in [0.717, 1.165) is 30.6 Å². The van der Waals surface area contributed by atoms with E-state index >= 15 is 0 Å². The van der Waals surface area contributed by atoms with Crippen molar-refractivity contribution in [3.63, 3.8) is 0 Å². The van der Waals surface area contributed by atoms with Crippen LogP contribution in [0.25, 0.3) is 0 Å². The molecule has 0 aromatic heterocycles. The fourth-order valence-corrected chi connectivity index (χ4v) is 2.84. The monoisotopic (exact) mass is 316 g/mol. The Kier molecular flexibility index (Phi) is 4.28. The minimum absolute atomic E-state index is 0.0973. The highest BCUT2D eigenvalue weighted by Crippen LogP contribution is 2.29. The van der Waals surface area contributed by atoms with Gasteiger partial charge in [-0.15, -0.1) is 0 Å². The number of nitriles is 1. The standard InChI is InChI=1S/C17H14ClFN2O/c18-16-7-14(6-13-9-21-4-3-15(13)16)22-10-12-2-1-11(8-20)5-17(12)19/h1-2,5-7,21H,3-4,9-10H2. The third-order valence-corrected chi connectivity index (χ3v) is 4.04. The first-order valence-electron chi connectivity index (χ1n) is 7.00. The van der Waals surface area contributed by atoms with Crippen LogP contribution >= 0.6 is 11.6 Å². The molecule has 0 bridgehead atoms. The molecule has 0 radical (unpaired) electrons. The van der Waals surface area contributed by atoms with Crippen LogP contribution in [-0.4, -0.2) is 6.54 Å². The van der Waals surface area contributed by atoms with Crippen molar-refractivity contribution < 1.29 is 9.13 Å². The molecule has 22 heavy (non-hydrogen) atoms. The molecule has 0 saturated heterocycles. The maximum Gasteiger partial charge on any atom is 0.131 e. The number of hydrogen-bond acceptors (Lipinski definition) is 3. The Morgan fingerprint density at radius 3 is 2.95 bits per heavy atom. The molecular formula is C17H14ClFN2O. The summed E-state index contributed by atoms with van der Waals surface area (Å²) in [6.07, 6.45) is 0.901. The molecule has 2 aromatic rings. The van der Waals surface area contributed by atoms with E-state index < -0.39 is 5.82 Å². The number of benzene rings is 2. The van der Waals surface area contributed by atoms with Gasteiger partial charge in [0.25, 0.3) is 0 Å². The van der Waals surface area contributed by atoms with E-state index in [0.29, 0.717) is 21.9 Å². The first-order chi connectivity index (χ1) is 10.7. The van der Waals surface area contributed by atoms with Crippen molar-refractivity contribution in [1.29, 1.82) is 5.26 Å². The van der Waals surface area contributed by atoms with Crippen molar-refractivity contribution in [1.82, 2.24) is 5.32 Å². The summed E-state index contributed by atoms with van der Waals surface area (Å²) in [7, 11) is 0. The fourth-order valence-electron chi connectivity index (χ4n) is 2.52. The zero-order valence-electron chi connectivity index (χ0n) is 11.8. The number of nitrogens with zero attached hydrogens (tertiary/aromatic N) is 1. The highest BCUT2D eigenvalue weighted by Gasteiger charge is 2.14. The van der Waals surface area contributed by atoms with E-state index in [9.17, 15) is 4.39 Å². The smallest absolute Gasteiger partial charge is 0.131 e. The van der Waals surface area contributed by atoms with Crippen molar-refractivity contribution in [2.24, 2.45) is 0 Å². The molecular weight excluding hydrogens is 303 g/mol. The van der Waals surface area contributed by atoms with Crippen LogP contribution in [0, 0.1) is 17.1 Å². The average molecular weight is 317 g/mol. The molecule has 5 heteroatoms. The van der Waals surface area contributed by atoms with Crippen LogP contribution in [0.1, 0.15) is 22.3 Å². The van der Waals surface area contributed by atoms with Crippen molar-refractivity contribution in [2.45, 2.75) is 19.6 Å². The van der Waals surface area contributed by atoms with Gasteiger partial charge in [-0.2, -0.15) is 5.26 Å². The van der Waals surface area contributed by atoms with Gasteiger partial charge in [-0.05, 0) is 48.4 Å². The third-order valence-electron chi connectivity index (χ3n) is 3.71. The molecule has 0 amide bonds. The summed E-state index contributed by atoms with van der Waals surface area (Å²) in [6.45, 7) is 1.78. The molecule has 0 unspecified atom stereocenters. The number of ether oxygens (including phenoxy) is 1. The lowest BCUT2D eigenvalue weighted by molar-refractivity contribution is 0.299. The largest absolute Gasteiger partial charge is 0.489 e. The number of rotatable bonds is 3. The SMILES string of the molecule is N#Cc1ccc(COc2cc(Cl)c3c(c2)CNCC3)c(F)c1. The first kappa shape index (κ1) is 14.8. The zero-order valence-corrected chi connectivity index (χ0v) is 12.6. The van der Waals surface area contributed by atoms with Gasteiger partial charge in [0, 0.05) is 17.1 Å². The predicted molar refractivity (Wildman–Crippen MR) is 82.3 cm³/mol. The number of hydrogen-bond donors (Lipinski definition) is 1. The van der Waals surface area contributed by atoms with E-state index in [4.69, 9.17) is 21.6 Å². The Balaban J connectivity index is 1.77. The van der Waals surface area contributed by atoms with Gasteiger partial charge in [-0.25, -0.2) is 4.39 Å². The Bertz CT molecular complexity index is 755. The Hall–Kier alpha value is -2.09. The summed E-state index contributed by atoms with van der Waals surface area (Å²) < 4.78 is 19.5. The van der Waals surface area contributed by atoms with E-state index in [1.165, 1.54) is 6.07 Å². The molecule has 0 spiro atoms. The van der Waals surface area contributed by atoms with E-state index in [2.05, 4.69) is 5.32 Å². The summed E-state index contributed by atoms with van der Waals surface area (Å²) in [4.78, 5) is 0. The zero-order chi connectivity index (χ0) is 15.5. The fraction of sp³-hybridized carbons (Fsp3) is 0.235. The van der Waals surface area contributed by atoms with Crippen LogP contribution in [0.2, 0.25) is 5.02 Å². The van der Waals surface area contributed by atoms with Crippen LogP contribution in [-0.2, 0) is 19.6 Å². The minimum Gasteiger partial charge on any atom is -0.489 e. The van der Waals surface area contributed by atoms with Gasteiger partial charge < -0.3 is 10.1 Å². The predicted octanol–water partition coefficient (Wildman–Crippen LogP) is 3.58. The van der Waals surface area contributed by atoms with Gasteiger partial charge in [0.1, 0.15) is 18.2 Å². The molecule has 0 aliphatic carbocycles. The summed E-state index contributed by atoms with van der Waals surface area (Å²) in [5, 5.41) is 12.7. The molecule has 1 aliphatic rings. The lowest BCUT2D eigenvalue weighted by Crippen LogP contribution is -2.23. The maximum absolute atomic E-state index is 13.8.